The molecule has 0 aliphatic rings. The van der Waals surface area contributed by atoms with Gasteiger partial charge in [-0.2, -0.15) is 0 Å². The van der Waals surface area contributed by atoms with Crippen LogP contribution in [0.5, 0.6) is 0 Å². The maximum Gasteiger partial charge on any atom is -0.0417 e. The Morgan fingerprint density at radius 3 is 1.88 bits per heavy atom. The standard InChI is InChI=1S/C17H35/c1-4-6-8-10-12-14-16-17(3)15-13-11-9-7-5-2/h5,17H,4,6-16H2,1-3H3. The molecule has 103 valence electrons. The normalized spacial score (nSPS) is 12.9. The Balaban J connectivity index is 3.09. The summed E-state index contributed by atoms with van der Waals surface area (Å²) in [6.45, 7) is 6.90. The van der Waals surface area contributed by atoms with Gasteiger partial charge in [-0.3, -0.25) is 0 Å². The lowest BCUT2D eigenvalue weighted by Gasteiger charge is -2.10. The van der Waals surface area contributed by atoms with Crippen molar-refractivity contribution in [2.45, 2.75) is 97.8 Å². The summed E-state index contributed by atoms with van der Waals surface area (Å²) in [4.78, 5) is 0. The quantitative estimate of drug-likeness (QED) is 0.320. The highest BCUT2D eigenvalue weighted by Gasteiger charge is 2.01. The van der Waals surface area contributed by atoms with Gasteiger partial charge in [0.05, 0.1) is 0 Å². The van der Waals surface area contributed by atoms with Crippen molar-refractivity contribution in [1.29, 1.82) is 0 Å². The van der Waals surface area contributed by atoms with Gasteiger partial charge in [-0.05, 0) is 12.3 Å². The molecule has 0 rings (SSSR count). The third kappa shape index (κ3) is 13.9. The van der Waals surface area contributed by atoms with Crippen LogP contribution in [0.1, 0.15) is 97.8 Å². The number of unbranched alkanes of at least 4 members (excludes halogenated alkanes) is 9. The first-order valence-corrected chi connectivity index (χ1v) is 8.09. The van der Waals surface area contributed by atoms with Gasteiger partial charge in [-0.15, -0.1) is 0 Å². The van der Waals surface area contributed by atoms with Gasteiger partial charge in [0, 0.05) is 0 Å². The van der Waals surface area contributed by atoms with Gasteiger partial charge in [0.25, 0.3) is 0 Å². The van der Waals surface area contributed by atoms with Gasteiger partial charge in [-0.1, -0.05) is 97.8 Å². The lowest BCUT2D eigenvalue weighted by atomic mass is 9.96. The van der Waals surface area contributed by atoms with E-state index in [1.54, 1.807) is 0 Å². The fourth-order valence-electron chi connectivity index (χ4n) is 2.44. The molecule has 0 saturated heterocycles. The van der Waals surface area contributed by atoms with E-state index in [4.69, 9.17) is 0 Å². The van der Waals surface area contributed by atoms with E-state index >= 15 is 0 Å². The van der Waals surface area contributed by atoms with Gasteiger partial charge in [0.15, 0.2) is 0 Å². The minimum absolute atomic E-state index is 0.965. The summed E-state index contributed by atoms with van der Waals surface area (Å²) >= 11 is 0. The van der Waals surface area contributed by atoms with Gasteiger partial charge >= 0.3 is 0 Å². The molecule has 17 heavy (non-hydrogen) atoms. The van der Waals surface area contributed by atoms with Crippen molar-refractivity contribution in [3.8, 4) is 0 Å². The lowest BCUT2D eigenvalue weighted by molar-refractivity contribution is 0.434. The second-order valence-electron chi connectivity index (χ2n) is 5.71. The molecule has 1 radical (unpaired) electrons. The van der Waals surface area contributed by atoms with E-state index in [1.807, 2.05) is 0 Å². The van der Waals surface area contributed by atoms with Crippen molar-refractivity contribution in [3.05, 3.63) is 6.42 Å². The first-order chi connectivity index (χ1) is 8.31. The Kier molecular flexibility index (Phi) is 14.1. The summed E-state index contributed by atoms with van der Waals surface area (Å²) < 4.78 is 0. The molecular formula is C17H35. The summed E-state index contributed by atoms with van der Waals surface area (Å²) in [5.41, 5.74) is 0. The first kappa shape index (κ1) is 17.0. The minimum Gasteiger partial charge on any atom is -0.0654 e. The summed E-state index contributed by atoms with van der Waals surface area (Å²) in [5.74, 6) is 0.965. The van der Waals surface area contributed by atoms with Crippen LogP contribution in [0.3, 0.4) is 0 Å². The highest BCUT2D eigenvalue weighted by atomic mass is 14.1. The van der Waals surface area contributed by atoms with Crippen LogP contribution in [-0.4, -0.2) is 0 Å². The van der Waals surface area contributed by atoms with Crippen LogP contribution in [0.2, 0.25) is 0 Å². The van der Waals surface area contributed by atoms with E-state index in [-0.39, 0.29) is 0 Å². The van der Waals surface area contributed by atoms with E-state index in [0.717, 1.165) is 5.92 Å². The summed E-state index contributed by atoms with van der Waals surface area (Å²) in [6.07, 6.45) is 19.5. The minimum atomic E-state index is 0.965. The van der Waals surface area contributed by atoms with Gasteiger partial charge in [0.1, 0.15) is 0 Å². The van der Waals surface area contributed by atoms with Crippen LogP contribution < -0.4 is 0 Å². The molecule has 0 N–H and O–H groups in total. The van der Waals surface area contributed by atoms with Gasteiger partial charge in [-0.25, -0.2) is 0 Å². The van der Waals surface area contributed by atoms with E-state index in [1.165, 1.54) is 77.0 Å². The van der Waals surface area contributed by atoms with Crippen molar-refractivity contribution < 1.29 is 0 Å². The van der Waals surface area contributed by atoms with Crippen LogP contribution in [0.4, 0.5) is 0 Å². The van der Waals surface area contributed by atoms with Crippen LogP contribution in [0.25, 0.3) is 0 Å². The Labute approximate surface area is 111 Å². The van der Waals surface area contributed by atoms with Crippen LogP contribution in [-0.2, 0) is 0 Å². The molecule has 0 aromatic carbocycles. The second-order valence-corrected chi connectivity index (χ2v) is 5.71. The average Bonchev–Trinajstić information content (AvgIpc) is 2.33. The lowest BCUT2D eigenvalue weighted by Crippen LogP contribution is -1.95. The van der Waals surface area contributed by atoms with Crippen LogP contribution >= 0.6 is 0 Å². The molecule has 0 heteroatoms. The Morgan fingerprint density at radius 1 is 0.765 bits per heavy atom. The van der Waals surface area contributed by atoms with Crippen molar-refractivity contribution in [3.63, 3.8) is 0 Å². The van der Waals surface area contributed by atoms with Crippen molar-refractivity contribution in [1.82, 2.24) is 0 Å². The highest BCUT2D eigenvalue weighted by Crippen LogP contribution is 2.18. The Hall–Kier alpha value is 0. The molecule has 0 spiro atoms. The van der Waals surface area contributed by atoms with Crippen LogP contribution in [0, 0.1) is 12.3 Å². The molecule has 1 atom stereocenters. The van der Waals surface area contributed by atoms with E-state index < -0.39 is 0 Å². The van der Waals surface area contributed by atoms with Gasteiger partial charge in [0.2, 0.25) is 0 Å². The summed E-state index contributed by atoms with van der Waals surface area (Å²) in [7, 11) is 0. The maximum absolute atomic E-state index is 2.44. The first-order valence-electron chi connectivity index (χ1n) is 8.09. The van der Waals surface area contributed by atoms with Crippen molar-refractivity contribution in [2.75, 3.05) is 0 Å². The van der Waals surface area contributed by atoms with E-state index in [0.29, 0.717) is 0 Å². The predicted octanol–water partition coefficient (Wildman–Crippen LogP) is 6.55. The molecule has 0 bridgehead atoms. The van der Waals surface area contributed by atoms with E-state index in [9.17, 15) is 0 Å². The molecule has 0 aromatic heterocycles. The van der Waals surface area contributed by atoms with Crippen molar-refractivity contribution >= 4 is 0 Å². The molecule has 0 aliphatic heterocycles. The highest BCUT2D eigenvalue weighted by molar-refractivity contribution is 4.58. The molecule has 0 aliphatic carbocycles. The zero-order chi connectivity index (χ0) is 12.8. The number of rotatable bonds is 13. The maximum atomic E-state index is 2.44. The average molecular weight is 239 g/mol. The summed E-state index contributed by atoms with van der Waals surface area (Å²) in [5, 5.41) is 0. The van der Waals surface area contributed by atoms with E-state index in [2.05, 4.69) is 27.2 Å². The Morgan fingerprint density at radius 2 is 1.29 bits per heavy atom. The molecule has 0 amide bonds. The topological polar surface area (TPSA) is 0 Å². The third-order valence-electron chi connectivity index (χ3n) is 3.74. The fourth-order valence-corrected chi connectivity index (χ4v) is 2.44. The monoisotopic (exact) mass is 239 g/mol. The second kappa shape index (κ2) is 14.1. The summed E-state index contributed by atoms with van der Waals surface area (Å²) in [6, 6.07) is 0. The number of hydrogen-bond donors (Lipinski definition) is 0. The fraction of sp³-hybridized carbons (Fsp3) is 0.941. The molecule has 0 heterocycles. The largest absolute Gasteiger partial charge is 0.0654 e. The van der Waals surface area contributed by atoms with Crippen molar-refractivity contribution in [2.24, 2.45) is 5.92 Å². The predicted molar refractivity (Wildman–Crippen MR) is 80.2 cm³/mol. The zero-order valence-electron chi connectivity index (χ0n) is 12.6. The Bertz CT molecular complexity index is 128. The molecule has 0 fully saturated rings. The molecule has 0 saturated carbocycles. The van der Waals surface area contributed by atoms with Gasteiger partial charge < -0.3 is 0 Å². The molecule has 0 aromatic rings. The van der Waals surface area contributed by atoms with Crippen LogP contribution in [0.15, 0.2) is 0 Å². The number of hydrogen-bond acceptors (Lipinski definition) is 0. The molecular weight excluding hydrogens is 204 g/mol. The third-order valence-corrected chi connectivity index (χ3v) is 3.74. The smallest absolute Gasteiger partial charge is 0.0417 e. The zero-order valence-corrected chi connectivity index (χ0v) is 12.6. The SMILES string of the molecule is C[CH]CCCCCC(C)CCCCCCCC. The molecule has 0 nitrogen and oxygen atoms in total. The molecule has 1 unspecified atom stereocenters.